The highest BCUT2D eigenvalue weighted by atomic mass is 15.3. The second kappa shape index (κ2) is 2.49. The van der Waals surface area contributed by atoms with Gasteiger partial charge in [-0.25, -0.2) is 4.57 Å². The van der Waals surface area contributed by atoms with Gasteiger partial charge in [0.15, 0.2) is 0 Å². The predicted octanol–water partition coefficient (Wildman–Crippen LogP) is 0.0814. The van der Waals surface area contributed by atoms with Gasteiger partial charge in [-0.05, 0) is 12.1 Å². The summed E-state index contributed by atoms with van der Waals surface area (Å²) in [7, 11) is 0. The van der Waals surface area contributed by atoms with Gasteiger partial charge >= 0.3 is 5.95 Å². The molecule has 0 aliphatic heterocycles. The normalized spacial score (nSPS) is 9.82. The van der Waals surface area contributed by atoms with Crippen LogP contribution in [0.1, 0.15) is 0 Å². The van der Waals surface area contributed by atoms with Crippen molar-refractivity contribution < 1.29 is 4.57 Å². The van der Waals surface area contributed by atoms with Crippen LogP contribution in [0.3, 0.4) is 0 Å². The van der Waals surface area contributed by atoms with E-state index in [-0.39, 0.29) is 0 Å². The molecule has 11 heavy (non-hydrogen) atoms. The fourth-order valence-corrected chi connectivity index (χ4v) is 0.858. The van der Waals surface area contributed by atoms with E-state index in [1.54, 1.807) is 6.33 Å². The molecule has 0 unspecified atom stereocenters. The highest BCUT2D eigenvalue weighted by Crippen LogP contribution is 1.83. The van der Waals surface area contributed by atoms with Crippen LogP contribution in [0.25, 0.3) is 5.95 Å². The van der Waals surface area contributed by atoms with Gasteiger partial charge in [0.1, 0.15) is 0 Å². The number of nitrogens with zero attached hydrogens (tertiary/aromatic N) is 3. The fraction of sp³-hybridized carbons (Fsp3) is 0. The molecule has 2 heterocycles. The Kier molecular flexibility index (Phi) is 1.37. The van der Waals surface area contributed by atoms with Crippen molar-refractivity contribution in [1.29, 1.82) is 0 Å². The molecule has 1 N–H and O–H groups in total. The van der Waals surface area contributed by atoms with Crippen LogP contribution in [0.5, 0.6) is 0 Å². The Morgan fingerprint density at radius 1 is 1.18 bits per heavy atom. The summed E-state index contributed by atoms with van der Waals surface area (Å²) in [4.78, 5) is 3.98. The molecule has 54 valence electrons. The van der Waals surface area contributed by atoms with Gasteiger partial charge in [0.25, 0.3) is 0 Å². The third-order valence-corrected chi connectivity index (χ3v) is 1.35. The molecule has 4 nitrogen and oxygen atoms in total. The molecule has 0 atom stereocenters. The SMILES string of the molecule is c1cc[n+](-c2nc[nH]n2)cc1. The smallest absolute Gasteiger partial charge is 0.204 e. The summed E-state index contributed by atoms with van der Waals surface area (Å²) in [6.07, 6.45) is 5.34. The molecule has 0 bridgehead atoms. The molecule has 0 spiro atoms. The number of rotatable bonds is 1. The van der Waals surface area contributed by atoms with Gasteiger partial charge in [-0.2, -0.15) is 5.10 Å². The molecule has 0 radical (unpaired) electrons. The second-order valence-corrected chi connectivity index (χ2v) is 2.08. The highest BCUT2D eigenvalue weighted by Gasteiger charge is 2.06. The topological polar surface area (TPSA) is 45.5 Å². The lowest BCUT2D eigenvalue weighted by atomic mass is 10.5. The van der Waals surface area contributed by atoms with Crippen molar-refractivity contribution in [2.45, 2.75) is 0 Å². The molecule has 0 amide bonds. The molecular weight excluding hydrogens is 140 g/mol. The van der Waals surface area contributed by atoms with Crippen LogP contribution in [0.4, 0.5) is 0 Å². The minimum atomic E-state index is 0.658. The number of hydrogen-bond donors (Lipinski definition) is 1. The lowest BCUT2D eigenvalue weighted by molar-refractivity contribution is -0.603. The highest BCUT2D eigenvalue weighted by molar-refractivity contribution is 4.91. The van der Waals surface area contributed by atoms with Gasteiger partial charge in [-0.1, -0.05) is 11.1 Å². The zero-order chi connectivity index (χ0) is 7.52. The summed E-state index contributed by atoms with van der Waals surface area (Å²) >= 11 is 0. The summed E-state index contributed by atoms with van der Waals surface area (Å²) in [5.41, 5.74) is 0. The molecule has 0 saturated carbocycles. The Morgan fingerprint density at radius 2 is 2.00 bits per heavy atom. The van der Waals surface area contributed by atoms with Crippen LogP contribution in [0.2, 0.25) is 0 Å². The van der Waals surface area contributed by atoms with Crippen molar-refractivity contribution >= 4 is 0 Å². The third-order valence-electron chi connectivity index (χ3n) is 1.35. The molecule has 0 aromatic carbocycles. The number of aromatic nitrogens is 4. The van der Waals surface area contributed by atoms with E-state index in [0.29, 0.717) is 5.95 Å². The average molecular weight is 147 g/mol. The van der Waals surface area contributed by atoms with Gasteiger partial charge in [0, 0.05) is 5.10 Å². The van der Waals surface area contributed by atoms with Crippen LogP contribution in [-0.4, -0.2) is 15.2 Å². The maximum atomic E-state index is 3.98. The van der Waals surface area contributed by atoms with Crippen LogP contribution < -0.4 is 4.57 Å². The molecular formula is C7H7N4+. The standard InChI is InChI=1S/C7H7N4/c1-2-4-11(5-3-1)7-8-6-9-10-7/h1-6H,(H,8,9,10)/q+1. The van der Waals surface area contributed by atoms with E-state index in [2.05, 4.69) is 15.2 Å². The largest absolute Gasteiger partial charge is 0.459 e. The number of hydrogen-bond acceptors (Lipinski definition) is 2. The molecule has 2 rings (SSSR count). The Morgan fingerprint density at radius 3 is 2.64 bits per heavy atom. The first-order valence-electron chi connectivity index (χ1n) is 3.29. The maximum absolute atomic E-state index is 3.98. The minimum Gasteiger partial charge on any atom is -0.204 e. The Labute approximate surface area is 63.5 Å². The van der Waals surface area contributed by atoms with Crippen molar-refractivity contribution in [3.63, 3.8) is 0 Å². The molecule has 0 saturated heterocycles. The van der Waals surface area contributed by atoms with E-state index in [1.807, 2.05) is 35.2 Å². The van der Waals surface area contributed by atoms with E-state index >= 15 is 0 Å². The maximum Gasteiger partial charge on any atom is 0.459 e. The predicted molar refractivity (Wildman–Crippen MR) is 37.9 cm³/mol. The lowest BCUT2D eigenvalue weighted by Gasteiger charge is -1.87. The van der Waals surface area contributed by atoms with Gasteiger partial charge in [0.2, 0.25) is 6.33 Å². The van der Waals surface area contributed by atoms with Crippen molar-refractivity contribution in [1.82, 2.24) is 15.2 Å². The third kappa shape index (κ3) is 1.10. The lowest BCUT2D eigenvalue weighted by Crippen LogP contribution is -2.30. The second-order valence-electron chi connectivity index (χ2n) is 2.08. The van der Waals surface area contributed by atoms with Crippen LogP contribution in [0.15, 0.2) is 36.9 Å². The van der Waals surface area contributed by atoms with Crippen molar-refractivity contribution in [3.8, 4) is 5.95 Å². The minimum absolute atomic E-state index is 0.658. The van der Waals surface area contributed by atoms with Crippen molar-refractivity contribution in [2.24, 2.45) is 0 Å². The number of nitrogens with one attached hydrogen (secondary N) is 1. The van der Waals surface area contributed by atoms with Crippen LogP contribution >= 0.6 is 0 Å². The molecule has 4 heteroatoms. The summed E-state index contributed by atoms with van der Waals surface area (Å²) < 4.78 is 1.83. The molecule has 2 aromatic rings. The molecule has 0 aliphatic rings. The first-order valence-corrected chi connectivity index (χ1v) is 3.29. The Bertz CT molecular complexity index is 313. The molecule has 2 aromatic heterocycles. The van der Waals surface area contributed by atoms with Crippen LogP contribution in [0, 0.1) is 0 Å². The fourth-order valence-electron chi connectivity index (χ4n) is 0.858. The quantitative estimate of drug-likeness (QED) is 0.581. The monoisotopic (exact) mass is 147 g/mol. The van der Waals surface area contributed by atoms with Crippen LogP contribution in [-0.2, 0) is 0 Å². The first-order chi connectivity index (χ1) is 5.47. The Balaban J connectivity index is 2.46. The van der Waals surface area contributed by atoms with Gasteiger partial charge < -0.3 is 0 Å². The number of H-pyrrole nitrogens is 1. The van der Waals surface area contributed by atoms with E-state index in [1.165, 1.54) is 0 Å². The zero-order valence-electron chi connectivity index (χ0n) is 5.81. The zero-order valence-corrected chi connectivity index (χ0v) is 5.81. The van der Waals surface area contributed by atoms with Gasteiger partial charge in [-0.15, -0.1) is 0 Å². The summed E-state index contributed by atoms with van der Waals surface area (Å²) in [6.45, 7) is 0. The van der Waals surface area contributed by atoms with E-state index < -0.39 is 0 Å². The van der Waals surface area contributed by atoms with E-state index in [9.17, 15) is 0 Å². The number of pyridine rings is 1. The van der Waals surface area contributed by atoms with E-state index in [4.69, 9.17) is 0 Å². The summed E-state index contributed by atoms with van der Waals surface area (Å²) in [5, 5.41) is 6.56. The summed E-state index contributed by atoms with van der Waals surface area (Å²) in [5.74, 6) is 0.658. The van der Waals surface area contributed by atoms with Gasteiger partial charge in [-0.3, -0.25) is 0 Å². The van der Waals surface area contributed by atoms with Crippen molar-refractivity contribution in [3.05, 3.63) is 36.9 Å². The molecule has 0 aliphatic carbocycles. The number of aromatic amines is 1. The first kappa shape index (κ1) is 6.03. The average Bonchev–Trinajstić information content (AvgIpc) is 2.58. The van der Waals surface area contributed by atoms with Gasteiger partial charge in [0.05, 0.1) is 12.4 Å². The van der Waals surface area contributed by atoms with Crippen molar-refractivity contribution in [2.75, 3.05) is 0 Å². The Hall–Kier alpha value is -1.71. The molecule has 0 fully saturated rings. The van der Waals surface area contributed by atoms with E-state index in [0.717, 1.165) is 0 Å². The summed E-state index contributed by atoms with van der Waals surface area (Å²) in [6, 6.07) is 5.80.